The highest BCUT2D eigenvalue weighted by molar-refractivity contribution is 7.92. The number of amides is 1. The zero-order valence-electron chi connectivity index (χ0n) is 17.9. The van der Waals surface area contributed by atoms with Gasteiger partial charge in [-0.1, -0.05) is 36.4 Å². The number of nitrogens with zero attached hydrogens (tertiary/aromatic N) is 1. The fourth-order valence-corrected chi connectivity index (χ4v) is 4.27. The molecule has 1 heterocycles. The molecule has 0 atom stereocenters. The van der Waals surface area contributed by atoms with Gasteiger partial charge in [-0.2, -0.15) is 5.10 Å². The number of carbonyl (C=O) groups excluding carboxylic acids is 1. The van der Waals surface area contributed by atoms with Crippen LogP contribution in [0.5, 0.6) is 5.75 Å². The van der Waals surface area contributed by atoms with Gasteiger partial charge in [0.05, 0.1) is 17.7 Å². The SMILES string of the molecule is COc1ccccc1NS(=O)(=O)c1cccc(C(=O)N/N=C(\C)c2cc3ccccc3o2)c1. The molecule has 1 aromatic heterocycles. The molecule has 168 valence electrons. The number of benzene rings is 3. The normalized spacial score (nSPS) is 11.9. The zero-order valence-corrected chi connectivity index (χ0v) is 18.7. The molecule has 0 saturated carbocycles. The number of ether oxygens (including phenoxy) is 1. The maximum Gasteiger partial charge on any atom is 0.271 e. The Morgan fingerprint density at radius 3 is 2.52 bits per heavy atom. The summed E-state index contributed by atoms with van der Waals surface area (Å²) in [6.45, 7) is 1.70. The first-order valence-electron chi connectivity index (χ1n) is 9.97. The molecule has 0 spiro atoms. The van der Waals surface area contributed by atoms with Crippen molar-refractivity contribution in [2.45, 2.75) is 11.8 Å². The molecule has 0 aliphatic heterocycles. The van der Waals surface area contributed by atoms with E-state index in [0.29, 0.717) is 28.5 Å². The van der Waals surface area contributed by atoms with Gasteiger partial charge in [0.15, 0.2) is 5.76 Å². The van der Waals surface area contributed by atoms with E-state index in [2.05, 4.69) is 15.2 Å². The predicted molar refractivity (Wildman–Crippen MR) is 126 cm³/mol. The molecule has 4 aromatic rings. The largest absolute Gasteiger partial charge is 0.495 e. The van der Waals surface area contributed by atoms with Crippen molar-refractivity contribution < 1.29 is 22.4 Å². The van der Waals surface area contributed by atoms with Gasteiger partial charge in [0, 0.05) is 10.9 Å². The molecule has 8 nitrogen and oxygen atoms in total. The summed E-state index contributed by atoms with van der Waals surface area (Å²) < 4.78 is 39.1. The molecule has 9 heteroatoms. The van der Waals surface area contributed by atoms with Crippen molar-refractivity contribution in [3.05, 3.63) is 90.2 Å². The van der Waals surface area contributed by atoms with E-state index in [-0.39, 0.29) is 10.5 Å². The number of hydrazone groups is 1. The standard InChI is InChI=1S/C24H21N3O5S/c1-16(23-15-17-8-3-5-12-21(17)32-23)25-26-24(28)18-9-7-10-19(14-18)33(29,30)27-20-11-4-6-13-22(20)31-2/h3-15,27H,1-2H3,(H,26,28)/b25-16+. The number of sulfonamides is 1. The van der Waals surface area contributed by atoms with Crippen LogP contribution in [0.2, 0.25) is 0 Å². The first kappa shape index (κ1) is 22.1. The number of hydrogen-bond acceptors (Lipinski definition) is 6. The van der Waals surface area contributed by atoms with E-state index < -0.39 is 15.9 Å². The summed E-state index contributed by atoms with van der Waals surface area (Å²) in [5, 5.41) is 5.01. The van der Waals surface area contributed by atoms with E-state index in [1.54, 1.807) is 31.2 Å². The number of rotatable bonds is 7. The van der Waals surface area contributed by atoms with Crippen LogP contribution >= 0.6 is 0 Å². The average Bonchev–Trinajstić information content (AvgIpc) is 3.27. The minimum atomic E-state index is -3.95. The topological polar surface area (TPSA) is 110 Å². The molecular formula is C24H21N3O5S. The van der Waals surface area contributed by atoms with Crippen molar-refractivity contribution in [1.82, 2.24) is 5.43 Å². The van der Waals surface area contributed by atoms with E-state index in [1.165, 1.54) is 31.4 Å². The smallest absolute Gasteiger partial charge is 0.271 e. The van der Waals surface area contributed by atoms with Gasteiger partial charge in [-0.05, 0) is 49.4 Å². The van der Waals surface area contributed by atoms with Crippen LogP contribution in [0, 0.1) is 0 Å². The van der Waals surface area contributed by atoms with Gasteiger partial charge in [0.1, 0.15) is 17.0 Å². The fourth-order valence-electron chi connectivity index (χ4n) is 3.15. The monoisotopic (exact) mass is 463 g/mol. The third-order valence-corrected chi connectivity index (χ3v) is 6.23. The van der Waals surface area contributed by atoms with Crippen LogP contribution in [0.25, 0.3) is 11.0 Å². The highest BCUT2D eigenvalue weighted by Gasteiger charge is 2.18. The molecule has 0 bridgehead atoms. The molecule has 0 aliphatic rings. The Morgan fingerprint density at radius 1 is 0.970 bits per heavy atom. The van der Waals surface area contributed by atoms with Crippen LogP contribution in [0.4, 0.5) is 5.69 Å². The molecule has 33 heavy (non-hydrogen) atoms. The minimum Gasteiger partial charge on any atom is -0.495 e. The third-order valence-electron chi connectivity index (χ3n) is 4.87. The van der Waals surface area contributed by atoms with Gasteiger partial charge in [-0.25, -0.2) is 13.8 Å². The number of methoxy groups -OCH3 is 1. The summed E-state index contributed by atoms with van der Waals surface area (Å²) in [7, 11) is -2.50. The summed E-state index contributed by atoms with van der Waals surface area (Å²) in [4.78, 5) is 12.5. The molecule has 1 amide bonds. The fraction of sp³-hybridized carbons (Fsp3) is 0.0833. The quantitative estimate of drug-likeness (QED) is 0.312. The highest BCUT2D eigenvalue weighted by Crippen LogP contribution is 2.26. The summed E-state index contributed by atoms with van der Waals surface area (Å²) >= 11 is 0. The van der Waals surface area contributed by atoms with Crippen LogP contribution < -0.4 is 14.9 Å². The second-order valence-electron chi connectivity index (χ2n) is 7.12. The highest BCUT2D eigenvalue weighted by atomic mass is 32.2. The lowest BCUT2D eigenvalue weighted by atomic mass is 10.2. The van der Waals surface area contributed by atoms with Crippen molar-refractivity contribution >= 4 is 38.3 Å². The van der Waals surface area contributed by atoms with Crippen LogP contribution in [0.3, 0.4) is 0 Å². The molecule has 0 saturated heterocycles. The molecular weight excluding hydrogens is 442 g/mol. The number of anilines is 1. The Morgan fingerprint density at radius 2 is 1.73 bits per heavy atom. The molecule has 0 fully saturated rings. The first-order valence-corrected chi connectivity index (χ1v) is 11.5. The number of furan rings is 1. The maximum absolute atomic E-state index is 12.8. The lowest BCUT2D eigenvalue weighted by Gasteiger charge is -2.12. The number of fused-ring (bicyclic) bond motifs is 1. The van der Waals surface area contributed by atoms with Gasteiger partial charge in [0.25, 0.3) is 15.9 Å². The van der Waals surface area contributed by atoms with Gasteiger partial charge in [-0.3, -0.25) is 9.52 Å². The van der Waals surface area contributed by atoms with Gasteiger partial charge in [-0.15, -0.1) is 0 Å². The molecule has 0 radical (unpaired) electrons. The molecule has 0 unspecified atom stereocenters. The van der Waals surface area contributed by atoms with Gasteiger partial charge in [0.2, 0.25) is 0 Å². The number of hydrogen-bond donors (Lipinski definition) is 2. The predicted octanol–water partition coefficient (Wildman–Crippen LogP) is 4.40. The molecule has 2 N–H and O–H groups in total. The number of carbonyl (C=O) groups is 1. The summed E-state index contributed by atoms with van der Waals surface area (Å²) in [6, 6.07) is 21.7. The molecule has 4 rings (SSSR count). The lowest BCUT2D eigenvalue weighted by molar-refractivity contribution is 0.0954. The molecule has 0 aliphatic carbocycles. The van der Waals surface area contributed by atoms with E-state index in [9.17, 15) is 13.2 Å². The van der Waals surface area contributed by atoms with Gasteiger partial charge >= 0.3 is 0 Å². The minimum absolute atomic E-state index is 0.0703. The van der Waals surface area contributed by atoms with E-state index in [0.717, 1.165) is 5.39 Å². The Balaban J connectivity index is 1.51. The van der Waals surface area contributed by atoms with E-state index in [1.807, 2.05) is 30.3 Å². The third kappa shape index (κ3) is 4.88. The van der Waals surface area contributed by atoms with Crippen LogP contribution in [0.1, 0.15) is 23.0 Å². The maximum atomic E-state index is 12.8. The van der Waals surface area contributed by atoms with Crippen molar-refractivity contribution in [2.24, 2.45) is 5.10 Å². The van der Waals surface area contributed by atoms with Crippen LogP contribution in [-0.4, -0.2) is 27.1 Å². The Hall–Kier alpha value is -4.11. The van der Waals surface area contributed by atoms with Crippen molar-refractivity contribution in [3.63, 3.8) is 0 Å². The zero-order chi connectivity index (χ0) is 23.4. The summed E-state index contributed by atoms with van der Waals surface area (Å²) in [5.41, 5.74) is 4.06. The van der Waals surface area contributed by atoms with Crippen molar-refractivity contribution in [1.29, 1.82) is 0 Å². The van der Waals surface area contributed by atoms with Crippen molar-refractivity contribution in [2.75, 3.05) is 11.8 Å². The second kappa shape index (κ2) is 9.17. The van der Waals surface area contributed by atoms with Gasteiger partial charge < -0.3 is 9.15 Å². The van der Waals surface area contributed by atoms with E-state index >= 15 is 0 Å². The lowest BCUT2D eigenvalue weighted by Crippen LogP contribution is -2.20. The molecule has 3 aromatic carbocycles. The average molecular weight is 464 g/mol. The second-order valence-corrected chi connectivity index (χ2v) is 8.80. The number of para-hydroxylation sites is 3. The first-order chi connectivity index (χ1) is 15.9. The number of nitrogens with one attached hydrogen (secondary N) is 2. The summed E-state index contributed by atoms with van der Waals surface area (Å²) in [5.74, 6) is 0.346. The summed E-state index contributed by atoms with van der Waals surface area (Å²) in [6.07, 6.45) is 0. The van der Waals surface area contributed by atoms with E-state index in [4.69, 9.17) is 9.15 Å². The Kier molecular flexibility index (Phi) is 6.14. The van der Waals surface area contributed by atoms with Crippen LogP contribution in [-0.2, 0) is 10.0 Å². The Bertz CT molecular complexity index is 1420. The van der Waals surface area contributed by atoms with Crippen LogP contribution in [0.15, 0.2) is 93.3 Å². The van der Waals surface area contributed by atoms with Crippen molar-refractivity contribution in [3.8, 4) is 5.75 Å². The Labute approximate surface area is 190 Å².